The Morgan fingerprint density at radius 1 is 0.857 bits per heavy atom. The topological polar surface area (TPSA) is 80.9 Å². The van der Waals surface area contributed by atoms with Gasteiger partial charge in [0.1, 0.15) is 0 Å². The molecule has 0 bridgehead atoms. The van der Waals surface area contributed by atoms with Crippen molar-refractivity contribution >= 4 is 38.6 Å². The zero-order valence-electron chi connectivity index (χ0n) is 3.70. The molecule has 0 unspecified atom stereocenters. The van der Waals surface area contributed by atoms with Crippen LogP contribution in [-0.4, -0.2) is 57.8 Å². The molecule has 0 aliphatic rings. The molecule has 4 N–H and O–H groups in total. The van der Waals surface area contributed by atoms with Gasteiger partial charge in [-0.2, -0.15) is 0 Å². The molecule has 0 aromatic rings. The summed E-state index contributed by atoms with van der Waals surface area (Å²) in [7, 11) is -4.61. The Kier molecular flexibility index (Phi) is 12.9. The van der Waals surface area contributed by atoms with Crippen LogP contribution in [0.1, 0.15) is 0 Å². The summed E-state index contributed by atoms with van der Waals surface area (Å²) >= 11 is 0. The Morgan fingerprint density at radius 3 is 0.857 bits per heavy atom. The summed E-state index contributed by atoms with van der Waals surface area (Å²) in [5.41, 5.74) is 0. The standard InChI is InChI=1S/Cr.Na.H4O4Si/c;;1-5(2,3)4/h;;1-4H. The monoisotopic (exact) mass is 171 g/mol. The van der Waals surface area contributed by atoms with Gasteiger partial charge in [0, 0.05) is 46.9 Å². The van der Waals surface area contributed by atoms with E-state index in [9.17, 15) is 0 Å². The van der Waals surface area contributed by atoms with Crippen LogP contribution in [0.5, 0.6) is 0 Å². The molecular weight excluding hydrogens is 167 g/mol. The maximum absolute atomic E-state index is 7.33. The first-order chi connectivity index (χ1) is 2.00. The Balaban J connectivity index is -0.0000000800. The molecule has 4 nitrogen and oxygen atoms in total. The van der Waals surface area contributed by atoms with Gasteiger partial charge in [-0.05, 0) is 0 Å². The number of rotatable bonds is 0. The molecule has 0 aliphatic heterocycles. The molecule has 1 radical (unpaired) electrons. The van der Waals surface area contributed by atoms with Crippen molar-refractivity contribution in [3.05, 3.63) is 0 Å². The van der Waals surface area contributed by atoms with Gasteiger partial charge < -0.3 is 19.2 Å². The molecule has 0 aromatic heterocycles. The Hall–Kier alpha value is 1.59. The third kappa shape index (κ3) is 93.9. The van der Waals surface area contributed by atoms with Gasteiger partial charge in [0.15, 0.2) is 0 Å². The number of hydrogen-bond donors (Lipinski definition) is 4. The summed E-state index contributed by atoms with van der Waals surface area (Å²) < 4.78 is 0. The second kappa shape index (κ2) is 5.72. The van der Waals surface area contributed by atoms with E-state index in [0.717, 1.165) is 0 Å². The predicted molar refractivity (Wildman–Crippen MR) is 20.4 cm³/mol. The first-order valence-electron chi connectivity index (χ1n) is 0.894. The van der Waals surface area contributed by atoms with E-state index in [2.05, 4.69) is 0 Å². The van der Waals surface area contributed by atoms with Crippen LogP contribution in [0.15, 0.2) is 0 Å². The van der Waals surface area contributed by atoms with Gasteiger partial charge in [-0.25, -0.2) is 0 Å². The summed E-state index contributed by atoms with van der Waals surface area (Å²) in [6, 6.07) is 0. The molecule has 0 spiro atoms. The van der Waals surface area contributed by atoms with Gasteiger partial charge in [-0.3, -0.25) is 0 Å². The summed E-state index contributed by atoms with van der Waals surface area (Å²) in [6.07, 6.45) is 0. The van der Waals surface area contributed by atoms with Crippen molar-refractivity contribution in [2.24, 2.45) is 0 Å². The molecule has 0 rings (SSSR count). The summed E-state index contributed by atoms with van der Waals surface area (Å²) in [6.45, 7) is 0. The minimum atomic E-state index is -4.61. The van der Waals surface area contributed by atoms with Gasteiger partial charge in [-0.1, -0.05) is 0 Å². The van der Waals surface area contributed by atoms with E-state index >= 15 is 0 Å². The number of hydrogen-bond acceptors (Lipinski definition) is 4. The van der Waals surface area contributed by atoms with E-state index in [0.29, 0.717) is 0 Å². The molecule has 0 fully saturated rings. The molecule has 7 heavy (non-hydrogen) atoms. The van der Waals surface area contributed by atoms with Crippen molar-refractivity contribution in [1.82, 2.24) is 0 Å². The quantitative estimate of drug-likeness (QED) is 0.293. The predicted octanol–water partition coefficient (Wildman–Crippen LogP) is -2.99. The van der Waals surface area contributed by atoms with E-state index < -0.39 is 9.05 Å². The third-order valence-electron chi connectivity index (χ3n) is 0. The van der Waals surface area contributed by atoms with Crippen LogP contribution in [0, 0.1) is 0 Å². The Bertz CT molecular complexity index is 27.2. The van der Waals surface area contributed by atoms with Crippen LogP contribution >= 0.6 is 0 Å². The molecular formula is H4CrNaO4Si. The van der Waals surface area contributed by atoms with Gasteiger partial charge in [0.2, 0.25) is 0 Å². The zero-order chi connectivity index (χ0) is 4.50. The maximum Gasteiger partial charge on any atom is 0.668 e. The summed E-state index contributed by atoms with van der Waals surface area (Å²) in [4.78, 5) is 29.3. The fraction of sp³-hybridized carbons (Fsp3) is 0. The first kappa shape index (κ1) is 15.8. The largest absolute Gasteiger partial charge is 0.668 e. The van der Waals surface area contributed by atoms with Crippen molar-refractivity contribution < 1.29 is 36.5 Å². The van der Waals surface area contributed by atoms with Crippen molar-refractivity contribution in [3.63, 3.8) is 0 Å². The van der Waals surface area contributed by atoms with E-state index in [4.69, 9.17) is 19.2 Å². The van der Waals surface area contributed by atoms with Crippen molar-refractivity contribution in [1.29, 1.82) is 0 Å². The van der Waals surface area contributed by atoms with Crippen LogP contribution in [0.3, 0.4) is 0 Å². The Labute approximate surface area is 74.7 Å². The molecule has 7 heteroatoms. The molecule has 0 heterocycles. The van der Waals surface area contributed by atoms with Gasteiger partial charge >= 0.3 is 9.05 Å². The average molecular weight is 171 g/mol. The minimum Gasteiger partial charge on any atom is -0.368 e. The molecule has 0 atom stereocenters. The zero-order valence-corrected chi connectivity index (χ0v) is 7.97. The fourth-order valence-electron chi connectivity index (χ4n) is 0. The van der Waals surface area contributed by atoms with E-state index in [1.807, 2.05) is 0 Å². The van der Waals surface area contributed by atoms with Crippen LogP contribution in [-0.2, 0) is 17.4 Å². The molecule has 0 amide bonds. The van der Waals surface area contributed by atoms with Crippen molar-refractivity contribution in [2.45, 2.75) is 0 Å². The average Bonchev–Trinajstić information content (AvgIpc) is 0.722. The molecule has 0 aliphatic carbocycles. The first-order valence-corrected chi connectivity index (χ1v) is 2.68. The molecule has 39 valence electrons. The van der Waals surface area contributed by atoms with Gasteiger partial charge in [0.25, 0.3) is 0 Å². The fourth-order valence-corrected chi connectivity index (χ4v) is 0. The Morgan fingerprint density at radius 2 is 0.857 bits per heavy atom. The minimum absolute atomic E-state index is 0. The molecule has 0 saturated carbocycles. The molecule has 0 aromatic carbocycles. The smallest absolute Gasteiger partial charge is 0.368 e. The van der Waals surface area contributed by atoms with E-state index in [1.54, 1.807) is 0 Å². The normalized spacial score (nSPS) is 8.57. The second-order valence-electron chi connectivity index (χ2n) is 0.600. The maximum atomic E-state index is 7.33. The van der Waals surface area contributed by atoms with E-state index in [1.165, 1.54) is 0 Å². The van der Waals surface area contributed by atoms with Gasteiger partial charge in [0.05, 0.1) is 0 Å². The third-order valence-corrected chi connectivity index (χ3v) is 0. The van der Waals surface area contributed by atoms with Crippen LogP contribution in [0.25, 0.3) is 0 Å². The van der Waals surface area contributed by atoms with Crippen LogP contribution in [0.4, 0.5) is 0 Å². The second-order valence-corrected chi connectivity index (χ2v) is 1.80. The SMILES string of the molecule is O[Si](O)(O)O.[Cr].[Na]. The van der Waals surface area contributed by atoms with Crippen molar-refractivity contribution in [3.8, 4) is 0 Å². The van der Waals surface area contributed by atoms with Crippen molar-refractivity contribution in [2.75, 3.05) is 0 Å². The van der Waals surface area contributed by atoms with E-state index in [-0.39, 0.29) is 46.9 Å². The summed E-state index contributed by atoms with van der Waals surface area (Å²) in [5.74, 6) is 0. The summed E-state index contributed by atoms with van der Waals surface area (Å²) in [5, 5.41) is 0. The molecule has 0 saturated heterocycles. The van der Waals surface area contributed by atoms with Crippen LogP contribution < -0.4 is 0 Å². The van der Waals surface area contributed by atoms with Crippen LogP contribution in [0.2, 0.25) is 0 Å². The van der Waals surface area contributed by atoms with Gasteiger partial charge in [-0.15, -0.1) is 0 Å².